The van der Waals surface area contributed by atoms with Crippen LogP contribution in [0.5, 0.6) is 0 Å². The smallest absolute Gasteiger partial charge is 0.246 e. The number of carbonyl (C=O) groups excluding carboxylic acids is 2. The minimum Gasteiger partial charge on any atom is -0.347 e. The van der Waals surface area contributed by atoms with Gasteiger partial charge in [0, 0.05) is 25.1 Å². The highest BCUT2D eigenvalue weighted by molar-refractivity contribution is 5.98. The van der Waals surface area contributed by atoms with E-state index in [0.717, 1.165) is 12.1 Å². The van der Waals surface area contributed by atoms with Crippen molar-refractivity contribution in [2.45, 2.75) is 19.3 Å². The summed E-state index contributed by atoms with van der Waals surface area (Å²) in [7, 11) is 0. The van der Waals surface area contributed by atoms with Gasteiger partial charge in [0.2, 0.25) is 11.8 Å². The molecule has 2 rings (SSSR count). The molecule has 1 heterocycles. The Labute approximate surface area is 112 Å². The molecule has 1 atom stereocenters. The van der Waals surface area contributed by atoms with Gasteiger partial charge in [-0.1, -0.05) is 18.2 Å². The normalized spacial score (nSPS) is 17.2. The van der Waals surface area contributed by atoms with Crippen molar-refractivity contribution in [1.82, 2.24) is 5.32 Å². The fourth-order valence-corrected chi connectivity index (χ4v) is 2.48. The number of carbonyl (C=O) groups is 2. The van der Waals surface area contributed by atoms with Crippen LogP contribution in [0.1, 0.15) is 24.8 Å². The first-order chi connectivity index (χ1) is 9.13. The van der Waals surface area contributed by atoms with Gasteiger partial charge in [0.25, 0.3) is 0 Å². The van der Waals surface area contributed by atoms with Gasteiger partial charge in [-0.05, 0) is 24.6 Å². The van der Waals surface area contributed by atoms with Crippen LogP contribution < -0.4 is 16.0 Å². The molecule has 1 aliphatic rings. The van der Waals surface area contributed by atoms with Crippen LogP contribution in [0.15, 0.2) is 24.3 Å². The highest BCUT2D eigenvalue weighted by Crippen LogP contribution is 2.37. The van der Waals surface area contributed by atoms with Gasteiger partial charge < -0.3 is 16.0 Å². The van der Waals surface area contributed by atoms with Crippen molar-refractivity contribution in [1.29, 1.82) is 0 Å². The summed E-state index contributed by atoms with van der Waals surface area (Å²) in [5.41, 5.74) is 7.74. The number of hydrogen-bond donors (Lipinski definition) is 2. The molecule has 0 saturated carbocycles. The van der Waals surface area contributed by atoms with Gasteiger partial charge in [-0.25, -0.2) is 0 Å². The van der Waals surface area contributed by atoms with Gasteiger partial charge in [-0.3, -0.25) is 9.59 Å². The molecule has 3 N–H and O–H groups in total. The zero-order valence-corrected chi connectivity index (χ0v) is 11.1. The fourth-order valence-electron chi connectivity index (χ4n) is 2.48. The van der Waals surface area contributed by atoms with E-state index in [1.165, 1.54) is 12.5 Å². The summed E-state index contributed by atoms with van der Waals surface area (Å²) in [5, 5.41) is 2.54. The number of fused-ring (bicyclic) bond motifs is 1. The van der Waals surface area contributed by atoms with E-state index in [0.29, 0.717) is 19.0 Å². The molecule has 1 aromatic carbocycles. The molecule has 0 aromatic heterocycles. The van der Waals surface area contributed by atoms with Crippen molar-refractivity contribution < 1.29 is 9.59 Å². The quantitative estimate of drug-likeness (QED) is 0.833. The summed E-state index contributed by atoms with van der Waals surface area (Å²) in [6.07, 6.45) is 0.862. The maximum atomic E-state index is 12.1. The lowest BCUT2D eigenvalue weighted by molar-refractivity contribution is -0.123. The third-order valence-electron chi connectivity index (χ3n) is 3.38. The van der Waals surface area contributed by atoms with E-state index >= 15 is 0 Å². The molecular formula is C14H19N3O2. The summed E-state index contributed by atoms with van der Waals surface area (Å²) >= 11 is 0. The van der Waals surface area contributed by atoms with Crippen molar-refractivity contribution >= 4 is 17.5 Å². The Hall–Kier alpha value is -1.88. The van der Waals surface area contributed by atoms with Crippen molar-refractivity contribution in [2.75, 3.05) is 24.5 Å². The number of amides is 2. The standard InChI is InChI=1S/C14H19N3O2/c1-10(18)16-8-14(19)17-9-11(6-7-15)12-4-2-3-5-13(12)17/h2-5,11H,6-9,15H2,1H3,(H,16,18). The molecule has 0 bridgehead atoms. The first kappa shape index (κ1) is 13.5. The Bertz CT molecular complexity index is 487. The second kappa shape index (κ2) is 5.84. The molecule has 0 spiro atoms. The summed E-state index contributed by atoms with van der Waals surface area (Å²) in [5.74, 6) is 0.0176. The zero-order valence-electron chi connectivity index (χ0n) is 11.1. The van der Waals surface area contributed by atoms with E-state index in [9.17, 15) is 9.59 Å². The molecule has 0 radical (unpaired) electrons. The Morgan fingerprint density at radius 2 is 2.16 bits per heavy atom. The molecule has 5 nitrogen and oxygen atoms in total. The Balaban J connectivity index is 2.15. The van der Waals surface area contributed by atoms with Crippen LogP contribution >= 0.6 is 0 Å². The fraction of sp³-hybridized carbons (Fsp3) is 0.429. The summed E-state index contributed by atoms with van der Waals surface area (Å²) in [6.45, 7) is 2.70. The number of hydrogen-bond acceptors (Lipinski definition) is 3. The summed E-state index contributed by atoms with van der Waals surface area (Å²) in [6, 6.07) is 7.88. The molecular weight excluding hydrogens is 242 g/mol. The Morgan fingerprint density at radius 3 is 2.84 bits per heavy atom. The van der Waals surface area contributed by atoms with Crippen molar-refractivity contribution in [3.63, 3.8) is 0 Å². The summed E-state index contributed by atoms with van der Waals surface area (Å²) < 4.78 is 0. The monoisotopic (exact) mass is 261 g/mol. The molecule has 5 heteroatoms. The van der Waals surface area contributed by atoms with Crippen LogP contribution in [-0.2, 0) is 9.59 Å². The van der Waals surface area contributed by atoms with E-state index in [4.69, 9.17) is 5.73 Å². The Kier molecular flexibility index (Phi) is 4.16. The highest BCUT2D eigenvalue weighted by atomic mass is 16.2. The van der Waals surface area contributed by atoms with Gasteiger partial charge >= 0.3 is 0 Å². The third-order valence-corrected chi connectivity index (χ3v) is 3.38. The van der Waals surface area contributed by atoms with Crippen LogP contribution in [0.2, 0.25) is 0 Å². The van der Waals surface area contributed by atoms with Crippen LogP contribution in [-0.4, -0.2) is 31.4 Å². The number of nitrogens with one attached hydrogen (secondary N) is 1. The second-order valence-electron chi connectivity index (χ2n) is 4.75. The van der Waals surface area contributed by atoms with E-state index in [1.807, 2.05) is 24.3 Å². The minimum absolute atomic E-state index is 0.0407. The number of nitrogens with two attached hydrogens (primary N) is 1. The zero-order chi connectivity index (χ0) is 13.8. The van der Waals surface area contributed by atoms with Gasteiger partial charge in [0.15, 0.2) is 0 Å². The first-order valence-corrected chi connectivity index (χ1v) is 6.47. The van der Waals surface area contributed by atoms with E-state index in [2.05, 4.69) is 5.32 Å². The van der Waals surface area contributed by atoms with Crippen LogP contribution in [0, 0.1) is 0 Å². The molecule has 1 unspecified atom stereocenters. The number of benzene rings is 1. The molecule has 0 saturated heterocycles. The SMILES string of the molecule is CC(=O)NCC(=O)N1CC(CCN)c2ccccc21. The highest BCUT2D eigenvalue weighted by Gasteiger charge is 2.31. The number of anilines is 1. The van der Waals surface area contributed by atoms with Gasteiger partial charge in [-0.2, -0.15) is 0 Å². The third kappa shape index (κ3) is 2.93. The van der Waals surface area contributed by atoms with Gasteiger partial charge in [-0.15, -0.1) is 0 Å². The maximum absolute atomic E-state index is 12.1. The lowest BCUT2D eigenvalue weighted by atomic mass is 9.98. The van der Waals surface area contributed by atoms with Crippen LogP contribution in [0.25, 0.3) is 0 Å². The molecule has 2 amide bonds. The molecule has 1 aromatic rings. The average molecular weight is 261 g/mol. The summed E-state index contributed by atoms with van der Waals surface area (Å²) in [4.78, 5) is 24.8. The first-order valence-electron chi connectivity index (χ1n) is 6.47. The maximum Gasteiger partial charge on any atom is 0.246 e. The second-order valence-corrected chi connectivity index (χ2v) is 4.75. The average Bonchev–Trinajstić information content (AvgIpc) is 2.76. The number of para-hydroxylation sites is 1. The van der Waals surface area contributed by atoms with Crippen LogP contribution in [0.3, 0.4) is 0 Å². The van der Waals surface area contributed by atoms with Crippen molar-refractivity contribution in [3.05, 3.63) is 29.8 Å². The molecule has 1 aliphatic heterocycles. The van der Waals surface area contributed by atoms with Crippen molar-refractivity contribution in [2.24, 2.45) is 5.73 Å². The predicted octanol–water partition coefficient (Wildman–Crippen LogP) is 0.602. The molecule has 0 fully saturated rings. The van der Waals surface area contributed by atoms with Gasteiger partial charge in [0.05, 0.1) is 6.54 Å². The Morgan fingerprint density at radius 1 is 1.42 bits per heavy atom. The van der Waals surface area contributed by atoms with E-state index in [1.54, 1.807) is 4.90 Å². The lowest BCUT2D eigenvalue weighted by Crippen LogP contribution is -2.39. The van der Waals surface area contributed by atoms with Crippen LogP contribution in [0.4, 0.5) is 5.69 Å². The lowest BCUT2D eigenvalue weighted by Gasteiger charge is -2.18. The number of nitrogens with zero attached hydrogens (tertiary/aromatic N) is 1. The molecule has 0 aliphatic carbocycles. The minimum atomic E-state index is -0.195. The largest absolute Gasteiger partial charge is 0.347 e. The topological polar surface area (TPSA) is 75.4 Å². The number of rotatable bonds is 4. The molecule has 19 heavy (non-hydrogen) atoms. The van der Waals surface area contributed by atoms with Crippen molar-refractivity contribution in [3.8, 4) is 0 Å². The van der Waals surface area contributed by atoms with Gasteiger partial charge in [0.1, 0.15) is 0 Å². The van der Waals surface area contributed by atoms with E-state index < -0.39 is 0 Å². The molecule has 102 valence electrons. The predicted molar refractivity (Wildman–Crippen MR) is 73.9 cm³/mol. The van der Waals surface area contributed by atoms with E-state index in [-0.39, 0.29) is 18.4 Å².